The highest BCUT2D eigenvalue weighted by Crippen LogP contribution is 2.40. The number of rotatable bonds is 5. The Morgan fingerprint density at radius 2 is 1.78 bits per heavy atom. The number of carbonyl (C=O) groups is 2. The molecule has 120 valence electrons. The van der Waals surface area contributed by atoms with Crippen molar-refractivity contribution < 1.29 is 23.8 Å². The van der Waals surface area contributed by atoms with E-state index in [1.165, 1.54) is 21.3 Å². The first-order valence-electron chi connectivity index (χ1n) is 6.54. The van der Waals surface area contributed by atoms with Gasteiger partial charge in [-0.15, -0.1) is 6.42 Å². The van der Waals surface area contributed by atoms with Crippen molar-refractivity contribution >= 4 is 29.0 Å². The average Bonchev–Trinajstić information content (AvgIpc) is 2.81. The second kappa shape index (κ2) is 7.11. The fraction of sp³-hybridized carbons (Fsp3) is 0.250. The van der Waals surface area contributed by atoms with Gasteiger partial charge in [0.2, 0.25) is 5.75 Å². The van der Waals surface area contributed by atoms with Crippen molar-refractivity contribution in [3.05, 3.63) is 22.6 Å². The molecule has 1 fully saturated rings. The average molecular weight is 333 g/mol. The number of carbonyl (C=O) groups excluding carboxylic acids is 2. The topological polar surface area (TPSA) is 65.1 Å². The van der Waals surface area contributed by atoms with E-state index in [9.17, 15) is 9.59 Å². The Morgan fingerprint density at radius 1 is 1.17 bits per heavy atom. The molecule has 2 amide bonds. The molecule has 1 aliphatic rings. The minimum atomic E-state index is -0.410. The molecule has 23 heavy (non-hydrogen) atoms. The molecular formula is C16H15NO5S. The normalized spacial score (nSPS) is 15.7. The number of amides is 2. The van der Waals surface area contributed by atoms with Crippen LogP contribution < -0.4 is 14.2 Å². The van der Waals surface area contributed by atoms with Crippen LogP contribution in [0.2, 0.25) is 0 Å². The molecule has 0 radical (unpaired) electrons. The summed E-state index contributed by atoms with van der Waals surface area (Å²) >= 11 is 0.844. The van der Waals surface area contributed by atoms with Crippen molar-refractivity contribution in [3.63, 3.8) is 0 Å². The highest BCUT2D eigenvalue weighted by atomic mass is 32.2. The van der Waals surface area contributed by atoms with Crippen molar-refractivity contribution in [1.29, 1.82) is 0 Å². The van der Waals surface area contributed by atoms with Crippen LogP contribution in [0.15, 0.2) is 17.0 Å². The molecule has 1 saturated heterocycles. The summed E-state index contributed by atoms with van der Waals surface area (Å²) in [6, 6.07) is 3.38. The summed E-state index contributed by atoms with van der Waals surface area (Å²) in [5, 5.41) is -0.383. The van der Waals surface area contributed by atoms with Gasteiger partial charge in [-0.25, -0.2) is 0 Å². The zero-order valence-corrected chi connectivity index (χ0v) is 13.7. The van der Waals surface area contributed by atoms with Gasteiger partial charge in [-0.05, 0) is 35.5 Å². The van der Waals surface area contributed by atoms with Crippen molar-refractivity contribution in [2.45, 2.75) is 0 Å². The lowest BCUT2D eigenvalue weighted by Crippen LogP contribution is -2.28. The number of methoxy groups -OCH3 is 3. The van der Waals surface area contributed by atoms with Crippen molar-refractivity contribution in [1.82, 2.24) is 4.90 Å². The molecule has 1 aliphatic heterocycles. The predicted molar refractivity (Wildman–Crippen MR) is 87.6 cm³/mol. The number of nitrogens with zero attached hydrogens (tertiary/aromatic N) is 1. The molecule has 2 rings (SSSR count). The molecule has 7 heteroatoms. The van der Waals surface area contributed by atoms with E-state index in [4.69, 9.17) is 20.6 Å². The quantitative estimate of drug-likeness (QED) is 0.609. The van der Waals surface area contributed by atoms with Crippen LogP contribution in [0.1, 0.15) is 5.56 Å². The van der Waals surface area contributed by atoms with Gasteiger partial charge < -0.3 is 14.2 Å². The second-order valence-corrected chi connectivity index (χ2v) is 5.42. The van der Waals surface area contributed by atoms with Crippen molar-refractivity contribution in [2.24, 2.45) is 0 Å². The van der Waals surface area contributed by atoms with Crippen LogP contribution in [-0.4, -0.2) is 43.9 Å². The first-order chi connectivity index (χ1) is 11.0. The van der Waals surface area contributed by atoms with Gasteiger partial charge in [-0.1, -0.05) is 5.92 Å². The fourth-order valence-electron chi connectivity index (χ4n) is 2.06. The minimum absolute atomic E-state index is 0.0444. The van der Waals surface area contributed by atoms with E-state index < -0.39 is 5.91 Å². The Hall–Kier alpha value is -2.59. The lowest BCUT2D eigenvalue weighted by Gasteiger charge is -2.13. The summed E-state index contributed by atoms with van der Waals surface area (Å²) in [6.07, 6.45) is 6.76. The number of ether oxygens (including phenoxy) is 3. The maximum Gasteiger partial charge on any atom is 0.294 e. The highest BCUT2D eigenvalue weighted by molar-refractivity contribution is 8.18. The summed E-state index contributed by atoms with van der Waals surface area (Å²) in [5.41, 5.74) is 0.644. The molecule has 1 aromatic carbocycles. The summed E-state index contributed by atoms with van der Waals surface area (Å²) in [7, 11) is 4.51. The molecule has 1 heterocycles. The van der Waals surface area contributed by atoms with Crippen LogP contribution >= 0.6 is 11.8 Å². The number of thioether (sulfide) groups is 1. The first kappa shape index (κ1) is 16.8. The van der Waals surface area contributed by atoms with E-state index in [1.54, 1.807) is 18.2 Å². The van der Waals surface area contributed by atoms with E-state index in [-0.39, 0.29) is 11.8 Å². The number of terminal acetylenes is 1. The van der Waals surface area contributed by atoms with Crippen LogP contribution in [0.5, 0.6) is 17.2 Å². The number of hydrogen-bond acceptors (Lipinski definition) is 6. The number of hydrogen-bond donors (Lipinski definition) is 0. The van der Waals surface area contributed by atoms with Crippen LogP contribution in [0.3, 0.4) is 0 Å². The smallest absolute Gasteiger partial charge is 0.294 e. The lowest BCUT2D eigenvalue weighted by atomic mass is 10.1. The van der Waals surface area contributed by atoms with Gasteiger partial charge in [0.05, 0.1) is 32.8 Å². The molecule has 0 saturated carbocycles. The van der Waals surface area contributed by atoms with Gasteiger partial charge >= 0.3 is 0 Å². The van der Waals surface area contributed by atoms with Crippen molar-refractivity contribution in [3.8, 4) is 29.6 Å². The SMILES string of the molecule is C#CCN1C(=O)S/C(=C/c2cc(OC)c(OC)c(OC)c2)C1=O. The Bertz CT molecular complexity index is 695. The predicted octanol–water partition coefficient (Wildman–Crippen LogP) is 2.38. The third-order valence-corrected chi connectivity index (χ3v) is 4.02. The molecule has 0 N–H and O–H groups in total. The van der Waals surface area contributed by atoms with Gasteiger partial charge in [0.25, 0.3) is 11.1 Å². The standard InChI is InChI=1S/C16H15NO5S/c1-5-6-17-15(18)13(23-16(17)19)9-10-7-11(20-2)14(22-4)12(8-10)21-3/h1,7-9H,6H2,2-4H3/b13-9+. The van der Waals surface area contributed by atoms with Gasteiger partial charge in [0, 0.05) is 0 Å². The summed E-state index contributed by atoms with van der Waals surface area (Å²) in [5.74, 6) is 3.25. The Morgan fingerprint density at radius 3 is 2.26 bits per heavy atom. The molecule has 0 unspecified atom stereocenters. The van der Waals surface area contributed by atoms with Crippen LogP contribution in [-0.2, 0) is 4.79 Å². The third kappa shape index (κ3) is 3.27. The van der Waals surface area contributed by atoms with E-state index in [0.29, 0.717) is 27.7 Å². The molecule has 6 nitrogen and oxygen atoms in total. The molecular weight excluding hydrogens is 318 g/mol. The lowest BCUT2D eigenvalue weighted by molar-refractivity contribution is -0.122. The molecule has 0 aromatic heterocycles. The van der Waals surface area contributed by atoms with Gasteiger partial charge in [0.15, 0.2) is 11.5 Å². The first-order valence-corrected chi connectivity index (χ1v) is 7.36. The summed E-state index contributed by atoms with van der Waals surface area (Å²) < 4.78 is 15.8. The van der Waals surface area contributed by atoms with Gasteiger partial charge in [0.1, 0.15) is 0 Å². The monoisotopic (exact) mass is 333 g/mol. The summed E-state index contributed by atoms with van der Waals surface area (Å²) in [4.78, 5) is 25.3. The van der Waals surface area contributed by atoms with Crippen LogP contribution in [0.25, 0.3) is 6.08 Å². The molecule has 0 bridgehead atoms. The molecule has 0 spiro atoms. The van der Waals surface area contributed by atoms with Crippen molar-refractivity contribution in [2.75, 3.05) is 27.9 Å². The Balaban J connectivity index is 2.42. The molecule has 0 aliphatic carbocycles. The van der Waals surface area contributed by atoms with E-state index in [0.717, 1.165) is 16.7 Å². The maximum absolute atomic E-state index is 12.2. The third-order valence-electron chi connectivity index (χ3n) is 3.11. The van der Waals surface area contributed by atoms with Gasteiger partial charge in [-0.2, -0.15) is 0 Å². The zero-order valence-electron chi connectivity index (χ0n) is 12.9. The Labute approximate surface area is 138 Å². The fourth-order valence-corrected chi connectivity index (χ4v) is 2.90. The Kier molecular flexibility index (Phi) is 5.19. The number of imide groups is 1. The number of benzene rings is 1. The van der Waals surface area contributed by atoms with Crippen LogP contribution in [0, 0.1) is 12.3 Å². The molecule has 0 atom stereocenters. The van der Waals surface area contributed by atoms with Gasteiger partial charge in [-0.3, -0.25) is 14.5 Å². The highest BCUT2D eigenvalue weighted by Gasteiger charge is 2.34. The second-order valence-electron chi connectivity index (χ2n) is 4.43. The maximum atomic E-state index is 12.2. The van der Waals surface area contributed by atoms with E-state index >= 15 is 0 Å². The van der Waals surface area contributed by atoms with Crippen LogP contribution in [0.4, 0.5) is 4.79 Å². The largest absolute Gasteiger partial charge is 0.493 e. The minimum Gasteiger partial charge on any atom is -0.493 e. The summed E-state index contributed by atoms with van der Waals surface area (Å²) in [6.45, 7) is -0.0444. The zero-order chi connectivity index (χ0) is 17.0. The van der Waals surface area contributed by atoms with E-state index in [1.807, 2.05) is 0 Å². The van der Waals surface area contributed by atoms with E-state index in [2.05, 4.69) is 5.92 Å². The molecule has 1 aromatic rings.